The molecule has 6 nitrogen and oxygen atoms in total. The van der Waals surface area contributed by atoms with Crippen molar-refractivity contribution < 1.29 is 14.3 Å². The molecule has 0 saturated carbocycles. The number of aryl methyl sites for hydroxylation is 1. The van der Waals surface area contributed by atoms with Gasteiger partial charge in [-0.15, -0.1) is 0 Å². The Hall–Kier alpha value is -1.56. The minimum atomic E-state index is -0.497. The Labute approximate surface area is 148 Å². The van der Waals surface area contributed by atoms with Crippen LogP contribution < -0.4 is 4.74 Å². The van der Waals surface area contributed by atoms with Crippen LogP contribution in [-0.2, 0) is 4.74 Å². The van der Waals surface area contributed by atoms with Crippen LogP contribution in [0.3, 0.4) is 0 Å². The molecule has 2 rings (SSSR count). The molecule has 2 heterocycles. The van der Waals surface area contributed by atoms with E-state index in [2.05, 4.69) is 23.8 Å². The van der Waals surface area contributed by atoms with E-state index >= 15 is 0 Å². The quantitative estimate of drug-likeness (QED) is 0.806. The summed E-state index contributed by atoms with van der Waals surface area (Å²) < 4.78 is 11.5. The predicted octanol–water partition coefficient (Wildman–Crippen LogP) is 3.85. The lowest BCUT2D eigenvalue weighted by Crippen LogP contribution is -2.53. The van der Waals surface area contributed by atoms with Crippen LogP contribution in [0.2, 0.25) is 5.15 Å². The second-order valence-electron chi connectivity index (χ2n) is 7.87. The SMILES string of the molecule is Cc1ncc(OC2CCN(C(=O)OC(C)(C)C)CC2(C)C)nc1Cl. The highest BCUT2D eigenvalue weighted by Crippen LogP contribution is 2.33. The summed E-state index contributed by atoms with van der Waals surface area (Å²) in [4.78, 5) is 22.4. The first-order valence-corrected chi connectivity index (χ1v) is 8.49. The fraction of sp³-hybridized carbons (Fsp3) is 0.706. The summed E-state index contributed by atoms with van der Waals surface area (Å²) in [5.74, 6) is 0.411. The zero-order chi connectivity index (χ0) is 18.1. The first-order valence-electron chi connectivity index (χ1n) is 8.12. The van der Waals surface area contributed by atoms with Crippen LogP contribution >= 0.6 is 11.6 Å². The standard InChI is InChI=1S/C17H26ClN3O3/c1-11-14(18)20-13(9-19-11)23-12-7-8-21(10-17(12,5)6)15(22)24-16(2,3)4/h9,12H,7-8,10H2,1-6H3. The van der Waals surface area contributed by atoms with Crippen LogP contribution in [0.15, 0.2) is 6.20 Å². The summed E-state index contributed by atoms with van der Waals surface area (Å²) in [5, 5.41) is 0.344. The first-order chi connectivity index (χ1) is 11.0. The Kier molecular flexibility index (Phi) is 5.28. The maximum Gasteiger partial charge on any atom is 0.410 e. The van der Waals surface area contributed by atoms with E-state index in [1.165, 1.54) is 0 Å². The second-order valence-corrected chi connectivity index (χ2v) is 8.23. The van der Waals surface area contributed by atoms with Crippen LogP contribution in [-0.4, -0.2) is 45.8 Å². The van der Waals surface area contributed by atoms with E-state index in [1.54, 1.807) is 18.0 Å². The maximum atomic E-state index is 12.3. The third-order valence-corrected chi connectivity index (χ3v) is 4.28. The fourth-order valence-corrected chi connectivity index (χ4v) is 2.78. The monoisotopic (exact) mass is 355 g/mol. The summed E-state index contributed by atoms with van der Waals surface area (Å²) in [6.45, 7) is 12.7. The number of piperidine rings is 1. The number of halogens is 1. The van der Waals surface area contributed by atoms with Gasteiger partial charge >= 0.3 is 6.09 Å². The zero-order valence-corrected chi connectivity index (χ0v) is 16.0. The summed E-state index contributed by atoms with van der Waals surface area (Å²) in [6.07, 6.45) is 1.91. The second kappa shape index (κ2) is 6.75. The highest BCUT2D eigenvalue weighted by molar-refractivity contribution is 6.30. The van der Waals surface area contributed by atoms with E-state index < -0.39 is 5.60 Å². The first kappa shape index (κ1) is 18.8. The fourth-order valence-electron chi connectivity index (χ4n) is 2.65. The van der Waals surface area contributed by atoms with Crippen molar-refractivity contribution in [3.63, 3.8) is 0 Å². The van der Waals surface area contributed by atoms with Crippen LogP contribution in [0, 0.1) is 12.3 Å². The number of likely N-dealkylation sites (tertiary alicyclic amines) is 1. The van der Waals surface area contributed by atoms with Gasteiger partial charge in [0.05, 0.1) is 11.9 Å². The largest absolute Gasteiger partial charge is 0.473 e. The molecule has 1 aromatic rings. The Morgan fingerprint density at radius 2 is 2.08 bits per heavy atom. The highest BCUT2D eigenvalue weighted by Gasteiger charge is 2.40. The molecule has 1 saturated heterocycles. The number of nitrogens with zero attached hydrogens (tertiary/aromatic N) is 3. The van der Waals surface area contributed by atoms with Gasteiger partial charge in [-0.2, -0.15) is 4.98 Å². The number of hydrogen-bond acceptors (Lipinski definition) is 5. The van der Waals surface area contributed by atoms with Gasteiger partial charge in [-0.25, -0.2) is 4.79 Å². The number of ether oxygens (including phenoxy) is 2. The number of aromatic nitrogens is 2. The molecule has 1 unspecified atom stereocenters. The topological polar surface area (TPSA) is 64.5 Å². The Balaban J connectivity index is 2.03. The zero-order valence-electron chi connectivity index (χ0n) is 15.2. The molecule has 0 radical (unpaired) electrons. The van der Waals surface area contributed by atoms with Crippen molar-refractivity contribution >= 4 is 17.7 Å². The molecule has 1 fully saturated rings. The normalized spacial score (nSPS) is 20.6. The van der Waals surface area contributed by atoms with E-state index in [9.17, 15) is 4.79 Å². The van der Waals surface area contributed by atoms with Gasteiger partial charge in [0.25, 0.3) is 0 Å². The lowest BCUT2D eigenvalue weighted by atomic mass is 9.81. The lowest BCUT2D eigenvalue weighted by molar-refractivity contribution is -0.0294. The van der Waals surface area contributed by atoms with Gasteiger partial charge in [-0.05, 0) is 27.7 Å². The van der Waals surface area contributed by atoms with E-state index in [-0.39, 0.29) is 17.6 Å². The van der Waals surface area contributed by atoms with Crippen molar-refractivity contribution in [1.82, 2.24) is 14.9 Å². The van der Waals surface area contributed by atoms with Gasteiger partial charge in [-0.1, -0.05) is 25.4 Å². The van der Waals surface area contributed by atoms with Crippen molar-refractivity contribution in [3.8, 4) is 5.88 Å². The molecule has 1 aromatic heterocycles. The Morgan fingerprint density at radius 1 is 1.42 bits per heavy atom. The average Bonchev–Trinajstić information content (AvgIpc) is 2.42. The molecule has 0 N–H and O–H groups in total. The maximum absolute atomic E-state index is 12.3. The molecule has 1 aliphatic rings. The van der Waals surface area contributed by atoms with Gasteiger partial charge < -0.3 is 14.4 Å². The third kappa shape index (κ3) is 4.72. The van der Waals surface area contributed by atoms with E-state index in [4.69, 9.17) is 21.1 Å². The molecular formula is C17H26ClN3O3. The van der Waals surface area contributed by atoms with Gasteiger partial charge in [0, 0.05) is 24.9 Å². The average molecular weight is 356 g/mol. The molecule has 0 aromatic carbocycles. The number of amides is 1. The molecule has 1 atom stereocenters. The van der Waals surface area contributed by atoms with Gasteiger partial charge in [-0.3, -0.25) is 4.98 Å². The van der Waals surface area contributed by atoms with Crippen molar-refractivity contribution in [2.24, 2.45) is 5.41 Å². The van der Waals surface area contributed by atoms with E-state index in [1.807, 2.05) is 20.8 Å². The van der Waals surface area contributed by atoms with Crippen LogP contribution in [0.25, 0.3) is 0 Å². The minimum absolute atomic E-state index is 0.0794. The molecule has 7 heteroatoms. The van der Waals surface area contributed by atoms with Gasteiger partial charge in [0.15, 0.2) is 5.15 Å². The number of rotatable bonds is 2. The molecular weight excluding hydrogens is 330 g/mol. The van der Waals surface area contributed by atoms with Crippen molar-refractivity contribution in [1.29, 1.82) is 0 Å². The smallest absolute Gasteiger partial charge is 0.410 e. The number of carbonyl (C=O) groups is 1. The Morgan fingerprint density at radius 3 is 2.62 bits per heavy atom. The number of carbonyl (C=O) groups excluding carboxylic acids is 1. The molecule has 0 spiro atoms. The van der Waals surface area contributed by atoms with Crippen molar-refractivity contribution in [2.75, 3.05) is 13.1 Å². The lowest BCUT2D eigenvalue weighted by Gasteiger charge is -2.43. The summed E-state index contributed by atoms with van der Waals surface area (Å²) >= 11 is 6.01. The minimum Gasteiger partial charge on any atom is -0.473 e. The molecule has 0 aliphatic carbocycles. The Bertz CT molecular complexity index is 614. The molecule has 1 aliphatic heterocycles. The van der Waals surface area contributed by atoms with E-state index in [0.717, 1.165) is 0 Å². The van der Waals surface area contributed by atoms with Crippen molar-refractivity contribution in [3.05, 3.63) is 17.0 Å². The third-order valence-electron chi connectivity index (χ3n) is 3.92. The predicted molar refractivity (Wildman–Crippen MR) is 92.4 cm³/mol. The highest BCUT2D eigenvalue weighted by atomic mass is 35.5. The molecule has 1 amide bonds. The van der Waals surface area contributed by atoms with Gasteiger partial charge in [0.2, 0.25) is 5.88 Å². The summed E-state index contributed by atoms with van der Waals surface area (Å²) in [6, 6.07) is 0. The molecule has 24 heavy (non-hydrogen) atoms. The van der Waals surface area contributed by atoms with Crippen LogP contribution in [0.1, 0.15) is 46.7 Å². The molecule has 134 valence electrons. The molecule has 0 bridgehead atoms. The van der Waals surface area contributed by atoms with Crippen LogP contribution in [0.5, 0.6) is 5.88 Å². The summed E-state index contributed by atoms with van der Waals surface area (Å²) in [7, 11) is 0. The van der Waals surface area contributed by atoms with Crippen molar-refractivity contribution in [2.45, 2.75) is 59.7 Å². The van der Waals surface area contributed by atoms with E-state index in [0.29, 0.717) is 36.2 Å². The van der Waals surface area contributed by atoms with Gasteiger partial charge in [0.1, 0.15) is 11.7 Å². The number of hydrogen-bond donors (Lipinski definition) is 0. The summed E-state index contributed by atoms with van der Waals surface area (Å²) in [5.41, 5.74) is -0.0696. The van der Waals surface area contributed by atoms with Crippen LogP contribution in [0.4, 0.5) is 4.79 Å².